The molecule has 2 aromatic carbocycles. The lowest BCUT2D eigenvalue weighted by atomic mass is 10.1. The molecule has 110 valence electrons. The maximum atomic E-state index is 11.8. The number of aryl methyl sites for hydroxylation is 1. The Bertz CT molecular complexity index is 577. The molecule has 0 bridgehead atoms. The van der Waals surface area contributed by atoms with Crippen LogP contribution in [0, 0.1) is 0 Å². The van der Waals surface area contributed by atoms with Crippen LogP contribution >= 0.6 is 0 Å². The van der Waals surface area contributed by atoms with Crippen LogP contribution in [0.3, 0.4) is 0 Å². The zero-order valence-corrected chi connectivity index (χ0v) is 11.9. The number of hydrogen-bond acceptors (Lipinski definition) is 3. The molecule has 0 fully saturated rings. The Labute approximate surface area is 124 Å². The summed E-state index contributed by atoms with van der Waals surface area (Å²) in [5.41, 5.74) is 8.55. The summed E-state index contributed by atoms with van der Waals surface area (Å²) < 4.78 is 0. The molecule has 0 unspecified atom stereocenters. The second-order valence-corrected chi connectivity index (χ2v) is 5.01. The van der Waals surface area contributed by atoms with Crippen molar-refractivity contribution in [3.63, 3.8) is 0 Å². The van der Waals surface area contributed by atoms with Gasteiger partial charge in [-0.2, -0.15) is 0 Å². The molecular formula is C17H20N2O2. The Kier molecular flexibility index (Phi) is 5.21. The van der Waals surface area contributed by atoms with Crippen molar-refractivity contribution in [2.24, 2.45) is 0 Å². The molecule has 1 amide bonds. The van der Waals surface area contributed by atoms with Gasteiger partial charge in [0.15, 0.2) is 0 Å². The maximum Gasteiger partial charge on any atom is 0.220 e. The Hall–Kier alpha value is -2.49. The van der Waals surface area contributed by atoms with Gasteiger partial charge in [-0.05, 0) is 48.2 Å². The lowest BCUT2D eigenvalue weighted by Gasteiger charge is -2.06. The molecule has 2 aromatic rings. The van der Waals surface area contributed by atoms with Crippen molar-refractivity contribution < 1.29 is 9.90 Å². The number of nitrogens with two attached hydrogens (primary N) is 1. The minimum atomic E-state index is 0.0469. The lowest BCUT2D eigenvalue weighted by Crippen LogP contribution is -2.25. The van der Waals surface area contributed by atoms with Crippen molar-refractivity contribution in [1.82, 2.24) is 5.32 Å². The predicted octanol–water partition coefficient (Wildman–Crippen LogP) is 2.27. The first-order valence-electron chi connectivity index (χ1n) is 7.02. The van der Waals surface area contributed by atoms with Gasteiger partial charge in [-0.1, -0.05) is 24.3 Å². The van der Waals surface area contributed by atoms with Crippen molar-refractivity contribution in [2.75, 3.05) is 12.3 Å². The second-order valence-electron chi connectivity index (χ2n) is 5.01. The van der Waals surface area contributed by atoms with Gasteiger partial charge < -0.3 is 16.2 Å². The quantitative estimate of drug-likeness (QED) is 0.712. The number of aromatic hydroxyl groups is 1. The number of hydrogen-bond donors (Lipinski definition) is 3. The van der Waals surface area contributed by atoms with E-state index in [1.165, 1.54) is 0 Å². The van der Waals surface area contributed by atoms with Crippen LogP contribution in [0.25, 0.3) is 0 Å². The molecule has 0 radical (unpaired) electrons. The summed E-state index contributed by atoms with van der Waals surface area (Å²) in [7, 11) is 0. The summed E-state index contributed by atoms with van der Waals surface area (Å²) in [5.74, 6) is 0.303. The van der Waals surface area contributed by atoms with Gasteiger partial charge in [0.05, 0.1) is 0 Å². The van der Waals surface area contributed by atoms with E-state index in [-0.39, 0.29) is 11.7 Å². The second kappa shape index (κ2) is 7.33. The third-order valence-corrected chi connectivity index (χ3v) is 3.29. The van der Waals surface area contributed by atoms with E-state index in [4.69, 9.17) is 5.73 Å². The number of carbonyl (C=O) groups is 1. The number of nitrogens with one attached hydrogen (secondary N) is 1. The van der Waals surface area contributed by atoms with Crippen molar-refractivity contribution in [2.45, 2.75) is 19.3 Å². The topological polar surface area (TPSA) is 75.4 Å². The van der Waals surface area contributed by atoms with Crippen LogP contribution in [-0.2, 0) is 17.6 Å². The Morgan fingerprint density at radius 3 is 2.19 bits per heavy atom. The number of phenolic OH excluding ortho intramolecular Hbond substituents is 1. The van der Waals surface area contributed by atoms with Crippen LogP contribution in [0.4, 0.5) is 5.69 Å². The average Bonchev–Trinajstić information content (AvgIpc) is 2.49. The molecule has 4 nitrogen and oxygen atoms in total. The summed E-state index contributed by atoms with van der Waals surface area (Å²) >= 11 is 0. The zero-order valence-electron chi connectivity index (χ0n) is 11.9. The van der Waals surface area contributed by atoms with Gasteiger partial charge in [-0.15, -0.1) is 0 Å². The number of benzene rings is 2. The molecular weight excluding hydrogens is 264 g/mol. The molecule has 0 saturated carbocycles. The SMILES string of the molecule is Nc1ccc(CCC(=O)NCCc2ccc(O)cc2)cc1. The van der Waals surface area contributed by atoms with Gasteiger partial charge >= 0.3 is 0 Å². The largest absolute Gasteiger partial charge is 0.508 e. The first-order chi connectivity index (χ1) is 10.1. The molecule has 0 spiro atoms. The molecule has 0 aliphatic rings. The Morgan fingerprint density at radius 1 is 0.952 bits per heavy atom. The number of nitrogen functional groups attached to an aromatic ring is 1. The minimum absolute atomic E-state index is 0.0469. The van der Waals surface area contributed by atoms with Crippen molar-refractivity contribution in [3.8, 4) is 5.75 Å². The van der Waals surface area contributed by atoms with Crippen molar-refractivity contribution >= 4 is 11.6 Å². The van der Waals surface area contributed by atoms with Gasteiger partial charge in [-0.3, -0.25) is 4.79 Å². The highest BCUT2D eigenvalue weighted by atomic mass is 16.3. The van der Waals surface area contributed by atoms with Crippen LogP contribution in [-0.4, -0.2) is 17.6 Å². The van der Waals surface area contributed by atoms with E-state index in [0.29, 0.717) is 19.4 Å². The van der Waals surface area contributed by atoms with Crippen LogP contribution in [0.5, 0.6) is 5.75 Å². The molecule has 2 rings (SSSR count). The predicted molar refractivity (Wildman–Crippen MR) is 84.0 cm³/mol. The highest BCUT2D eigenvalue weighted by Crippen LogP contribution is 2.10. The normalized spacial score (nSPS) is 10.3. The number of carbonyl (C=O) groups excluding carboxylic acids is 1. The fraction of sp³-hybridized carbons (Fsp3) is 0.235. The van der Waals surface area contributed by atoms with E-state index >= 15 is 0 Å². The van der Waals surface area contributed by atoms with E-state index in [0.717, 1.165) is 23.2 Å². The van der Waals surface area contributed by atoms with Crippen LogP contribution in [0.15, 0.2) is 48.5 Å². The van der Waals surface area contributed by atoms with Gasteiger partial charge in [-0.25, -0.2) is 0 Å². The van der Waals surface area contributed by atoms with E-state index in [9.17, 15) is 9.90 Å². The van der Waals surface area contributed by atoms with E-state index in [1.807, 2.05) is 36.4 Å². The van der Waals surface area contributed by atoms with Gasteiger partial charge in [0.25, 0.3) is 0 Å². The highest BCUT2D eigenvalue weighted by Gasteiger charge is 2.02. The summed E-state index contributed by atoms with van der Waals surface area (Å²) in [6, 6.07) is 14.6. The van der Waals surface area contributed by atoms with Gasteiger partial charge in [0.2, 0.25) is 5.91 Å². The number of amides is 1. The summed E-state index contributed by atoms with van der Waals surface area (Å²) in [6.45, 7) is 0.603. The number of phenols is 1. The van der Waals surface area contributed by atoms with Crippen molar-refractivity contribution in [3.05, 3.63) is 59.7 Å². The first kappa shape index (κ1) is 14.9. The third-order valence-electron chi connectivity index (χ3n) is 3.29. The van der Waals surface area contributed by atoms with E-state index in [1.54, 1.807) is 12.1 Å². The smallest absolute Gasteiger partial charge is 0.220 e. The number of rotatable bonds is 6. The molecule has 0 aliphatic carbocycles. The molecule has 0 atom stereocenters. The molecule has 4 N–H and O–H groups in total. The monoisotopic (exact) mass is 284 g/mol. The van der Waals surface area contributed by atoms with Crippen LogP contribution in [0.1, 0.15) is 17.5 Å². The van der Waals surface area contributed by atoms with Crippen LogP contribution in [0.2, 0.25) is 0 Å². The molecule has 0 saturated heterocycles. The molecule has 0 aromatic heterocycles. The lowest BCUT2D eigenvalue weighted by molar-refractivity contribution is -0.121. The fourth-order valence-corrected chi connectivity index (χ4v) is 2.04. The molecule has 0 heterocycles. The fourth-order valence-electron chi connectivity index (χ4n) is 2.04. The minimum Gasteiger partial charge on any atom is -0.508 e. The Balaban J connectivity index is 1.67. The van der Waals surface area contributed by atoms with E-state index in [2.05, 4.69) is 5.32 Å². The maximum absolute atomic E-state index is 11.8. The summed E-state index contributed by atoms with van der Waals surface area (Å²) in [5, 5.41) is 12.1. The van der Waals surface area contributed by atoms with E-state index < -0.39 is 0 Å². The first-order valence-corrected chi connectivity index (χ1v) is 7.02. The highest BCUT2D eigenvalue weighted by molar-refractivity contribution is 5.76. The third kappa shape index (κ3) is 5.18. The Morgan fingerprint density at radius 2 is 1.52 bits per heavy atom. The van der Waals surface area contributed by atoms with Gasteiger partial charge in [0.1, 0.15) is 5.75 Å². The average molecular weight is 284 g/mol. The number of anilines is 1. The van der Waals surface area contributed by atoms with Crippen LogP contribution < -0.4 is 11.1 Å². The molecule has 0 aliphatic heterocycles. The molecule has 21 heavy (non-hydrogen) atoms. The summed E-state index contributed by atoms with van der Waals surface area (Å²) in [4.78, 5) is 11.8. The zero-order chi connectivity index (χ0) is 15.1. The standard InChI is InChI=1S/C17H20N2O2/c18-15-6-1-13(2-7-15)5-10-17(21)19-12-11-14-3-8-16(20)9-4-14/h1-4,6-9,20H,5,10-12,18H2,(H,19,21). The van der Waals surface area contributed by atoms with Gasteiger partial charge in [0, 0.05) is 18.7 Å². The molecule has 4 heteroatoms. The summed E-state index contributed by atoms with van der Waals surface area (Å²) in [6.07, 6.45) is 1.94. The van der Waals surface area contributed by atoms with Crippen molar-refractivity contribution in [1.29, 1.82) is 0 Å².